The van der Waals surface area contributed by atoms with Gasteiger partial charge in [-0.2, -0.15) is 0 Å². The molecule has 0 unspecified atom stereocenters. The SMILES string of the molecule is CNS(=O)(=O)c1ccc(CN=C(N)Nc2cccc(Oc3ccccc3)c2)cc1. The average molecular weight is 410 g/mol. The van der Waals surface area contributed by atoms with E-state index in [-0.39, 0.29) is 10.9 Å². The van der Waals surface area contributed by atoms with E-state index < -0.39 is 10.0 Å². The summed E-state index contributed by atoms with van der Waals surface area (Å²) in [4.78, 5) is 4.50. The predicted molar refractivity (Wildman–Crippen MR) is 115 cm³/mol. The molecule has 0 saturated carbocycles. The predicted octanol–water partition coefficient (Wildman–Crippen LogP) is 3.31. The van der Waals surface area contributed by atoms with Crippen LogP contribution >= 0.6 is 0 Å². The molecule has 0 spiro atoms. The zero-order chi connectivity index (χ0) is 20.7. The van der Waals surface area contributed by atoms with Crippen LogP contribution in [0.3, 0.4) is 0 Å². The third-order valence-corrected chi connectivity index (χ3v) is 5.45. The Balaban J connectivity index is 1.62. The minimum Gasteiger partial charge on any atom is -0.457 e. The summed E-state index contributed by atoms with van der Waals surface area (Å²) in [6.45, 7) is 0.318. The van der Waals surface area contributed by atoms with Crippen LogP contribution < -0.4 is 20.5 Å². The molecule has 0 aliphatic rings. The van der Waals surface area contributed by atoms with Gasteiger partial charge in [0.05, 0.1) is 11.4 Å². The molecule has 8 heteroatoms. The lowest BCUT2D eigenvalue weighted by Crippen LogP contribution is -2.22. The number of ether oxygens (including phenoxy) is 1. The van der Waals surface area contributed by atoms with Gasteiger partial charge >= 0.3 is 0 Å². The first kappa shape index (κ1) is 20.4. The number of nitrogens with one attached hydrogen (secondary N) is 2. The molecule has 0 bridgehead atoms. The van der Waals surface area contributed by atoms with Gasteiger partial charge in [0, 0.05) is 11.8 Å². The van der Waals surface area contributed by atoms with E-state index in [2.05, 4.69) is 15.0 Å². The van der Waals surface area contributed by atoms with Crippen LogP contribution in [-0.2, 0) is 16.6 Å². The zero-order valence-electron chi connectivity index (χ0n) is 15.9. The van der Waals surface area contributed by atoms with Crippen LogP contribution in [0.15, 0.2) is 88.8 Å². The van der Waals surface area contributed by atoms with Gasteiger partial charge < -0.3 is 15.8 Å². The van der Waals surface area contributed by atoms with Crippen LogP contribution in [0, 0.1) is 0 Å². The van der Waals surface area contributed by atoms with Crippen molar-refractivity contribution in [1.29, 1.82) is 0 Å². The first-order valence-electron chi connectivity index (χ1n) is 8.89. The number of hydrogen-bond acceptors (Lipinski definition) is 4. The third-order valence-electron chi connectivity index (χ3n) is 4.02. The van der Waals surface area contributed by atoms with Gasteiger partial charge in [-0.3, -0.25) is 0 Å². The standard InChI is InChI=1S/C21H22N4O3S/c1-23-29(26,27)20-12-10-16(11-13-20)15-24-21(22)25-17-6-5-9-19(14-17)28-18-7-3-2-4-8-18/h2-14,23H,15H2,1H3,(H3,22,24,25). The number of nitrogens with two attached hydrogens (primary N) is 1. The van der Waals surface area contributed by atoms with Crippen molar-refractivity contribution in [2.75, 3.05) is 12.4 Å². The van der Waals surface area contributed by atoms with E-state index in [1.165, 1.54) is 19.2 Å². The van der Waals surface area contributed by atoms with Crippen molar-refractivity contribution < 1.29 is 13.2 Å². The molecule has 0 radical (unpaired) electrons. The van der Waals surface area contributed by atoms with Gasteiger partial charge in [0.15, 0.2) is 5.96 Å². The van der Waals surface area contributed by atoms with Crippen molar-refractivity contribution in [3.8, 4) is 11.5 Å². The maximum atomic E-state index is 11.7. The van der Waals surface area contributed by atoms with Crippen LogP contribution in [0.5, 0.6) is 11.5 Å². The number of nitrogens with zero attached hydrogens (tertiary/aromatic N) is 1. The summed E-state index contributed by atoms with van der Waals surface area (Å²) in [5, 5.41) is 3.02. The Morgan fingerprint density at radius 3 is 2.34 bits per heavy atom. The summed E-state index contributed by atoms with van der Waals surface area (Å²) < 4.78 is 31.6. The quantitative estimate of drug-likeness (QED) is 0.409. The van der Waals surface area contributed by atoms with Gasteiger partial charge in [0.25, 0.3) is 0 Å². The number of hydrogen-bond donors (Lipinski definition) is 3. The molecule has 4 N–H and O–H groups in total. The monoisotopic (exact) mass is 410 g/mol. The molecule has 150 valence electrons. The number of anilines is 1. The lowest BCUT2D eigenvalue weighted by molar-refractivity contribution is 0.483. The van der Waals surface area contributed by atoms with Crippen LogP contribution in [-0.4, -0.2) is 21.4 Å². The summed E-state index contributed by atoms with van der Waals surface area (Å²) in [5.74, 6) is 1.67. The van der Waals surface area contributed by atoms with Crippen molar-refractivity contribution in [2.24, 2.45) is 10.7 Å². The highest BCUT2D eigenvalue weighted by molar-refractivity contribution is 7.89. The second-order valence-corrected chi connectivity index (χ2v) is 8.01. The fourth-order valence-electron chi connectivity index (χ4n) is 2.52. The first-order chi connectivity index (χ1) is 14.0. The van der Waals surface area contributed by atoms with Crippen LogP contribution in [0.2, 0.25) is 0 Å². The van der Waals surface area contributed by atoms with Gasteiger partial charge in [-0.25, -0.2) is 18.1 Å². The number of para-hydroxylation sites is 1. The van der Waals surface area contributed by atoms with Gasteiger partial charge in [-0.05, 0) is 49.0 Å². The van der Waals surface area contributed by atoms with Crippen LogP contribution in [0.25, 0.3) is 0 Å². The highest BCUT2D eigenvalue weighted by atomic mass is 32.2. The van der Waals surface area contributed by atoms with Gasteiger partial charge in [-0.1, -0.05) is 36.4 Å². The number of benzene rings is 3. The maximum Gasteiger partial charge on any atom is 0.240 e. The molecule has 0 fully saturated rings. The fraction of sp³-hybridized carbons (Fsp3) is 0.0952. The van der Waals surface area contributed by atoms with Crippen molar-refractivity contribution >= 4 is 21.7 Å². The minimum atomic E-state index is -3.45. The molecule has 0 atom stereocenters. The second-order valence-electron chi connectivity index (χ2n) is 6.12. The van der Waals surface area contributed by atoms with Crippen molar-refractivity contribution in [1.82, 2.24) is 4.72 Å². The highest BCUT2D eigenvalue weighted by Gasteiger charge is 2.10. The number of aliphatic imine (C=N–C) groups is 1. The molecule has 0 aromatic heterocycles. The lowest BCUT2D eigenvalue weighted by Gasteiger charge is -2.09. The molecular weight excluding hydrogens is 388 g/mol. The van der Waals surface area contributed by atoms with Crippen LogP contribution in [0.4, 0.5) is 5.69 Å². The third kappa shape index (κ3) is 5.81. The zero-order valence-corrected chi connectivity index (χ0v) is 16.7. The lowest BCUT2D eigenvalue weighted by atomic mass is 10.2. The molecular formula is C21H22N4O3S. The first-order valence-corrected chi connectivity index (χ1v) is 10.4. The molecule has 0 saturated heterocycles. The summed E-state index contributed by atoms with van der Waals surface area (Å²) in [6.07, 6.45) is 0. The Labute approximate surface area is 170 Å². The molecule has 3 aromatic carbocycles. The number of rotatable bonds is 7. The summed E-state index contributed by atoms with van der Waals surface area (Å²) in [7, 11) is -2.07. The van der Waals surface area contributed by atoms with E-state index in [1.54, 1.807) is 12.1 Å². The van der Waals surface area contributed by atoms with Gasteiger partial charge in [0.1, 0.15) is 11.5 Å². The highest BCUT2D eigenvalue weighted by Crippen LogP contribution is 2.23. The van der Waals surface area contributed by atoms with E-state index in [0.29, 0.717) is 12.3 Å². The fourth-order valence-corrected chi connectivity index (χ4v) is 3.25. The molecule has 0 aliphatic heterocycles. The molecule has 0 heterocycles. The normalized spacial score (nSPS) is 11.8. The number of sulfonamides is 1. The van der Waals surface area contributed by atoms with Crippen molar-refractivity contribution in [3.63, 3.8) is 0 Å². The Morgan fingerprint density at radius 1 is 0.966 bits per heavy atom. The van der Waals surface area contributed by atoms with Crippen molar-refractivity contribution in [2.45, 2.75) is 11.4 Å². The summed E-state index contributed by atoms with van der Waals surface area (Å²) in [5.41, 5.74) is 7.55. The maximum absolute atomic E-state index is 11.7. The largest absolute Gasteiger partial charge is 0.457 e. The molecule has 29 heavy (non-hydrogen) atoms. The van der Waals surface area contributed by atoms with Crippen LogP contribution in [0.1, 0.15) is 5.56 Å². The van der Waals surface area contributed by atoms with E-state index in [4.69, 9.17) is 10.5 Å². The molecule has 0 aliphatic carbocycles. The average Bonchev–Trinajstić information content (AvgIpc) is 2.73. The summed E-state index contributed by atoms with van der Waals surface area (Å²) in [6, 6.07) is 23.4. The molecule has 3 aromatic rings. The topological polar surface area (TPSA) is 106 Å². The molecule has 3 rings (SSSR count). The number of guanidine groups is 1. The molecule has 7 nitrogen and oxygen atoms in total. The van der Waals surface area contributed by atoms with E-state index in [0.717, 1.165) is 17.0 Å². The minimum absolute atomic E-state index is 0.203. The second kappa shape index (κ2) is 9.22. The Bertz CT molecular complexity index is 1080. The van der Waals surface area contributed by atoms with Gasteiger partial charge in [-0.15, -0.1) is 0 Å². The van der Waals surface area contributed by atoms with E-state index >= 15 is 0 Å². The Morgan fingerprint density at radius 2 is 1.66 bits per heavy atom. The van der Waals surface area contributed by atoms with E-state index in [9.17, 15) is 8.42 Å². The van der Waals surface area contributed by atoms with Gasteiger partial charge in [0.2, 0.25) is 10.0 Å². The van der Waals surface area contributed by atoms with Crippen molar-refractivity contribution in [3.05, 3.63) is 84.4 Å². The molecule has 0 amide bonds. The van der Waals surface area contributed by atoms with E-state index in [1.807, 2.05) is 54.6 Å². The Hall–Kier alpha value is -3.36. The Kier molecular flexibility index (Phi) is 6.48. The summed E-state index contributed by atoms with van der Waals surface area (Å²) >= 11 is 0. The smallest absolute Gasteiger partial charge is 0.240 e.